The Morgan fingerprint density at radius 3 is 3.17 bits per heavy atom. The third-order valence-electron chi connectivity index (χ3n) is 3.82. The van der Waals surface area contributed by atoms with Crippen molar-refractivity contribution >= 4 is 17.2 Å². The van der Waals surface area contributed by atoms with Gasteiger partial charge < -0.3 is 10.1 Å². The summed E-state index contributed by atoms with van der Waals surface area (Å²) in [6.07, 6.45) is 0.556. The molecule has 0 radical (unpaired) electrons. The zero-order chi connectivity index (χ0) is 16.2. The largest absolute Gasteiger partial charge is 0.368 e. The first-order valence-electron chi connectivity index (χ1n) is 7.77. The lowest BCUT2D eigenvalue weighted by Gasteiger charge is -2.22. The molecule has 1 aliphatic rings. The number of carbonyl (C=O) groups is 1. The Balaban J connectivity index is 1.58. The lowest BCUT2D eigenvalue weighted by Crippen LogP contribution is -2.33. The molecule has 1 aliphatic heterocycles. The number of aromatic nitrogens is 3. The first kappa shape index (κ1) is 15.9. The summed E-state index contributed by atoms with van der Waals surface area (Å²) >= 11 is 1.68. The molecule has 0 fully saturated rings. The van der Waals surface area contributed by atoms with E-state index in [0.29, 0.717) is 32.1 Å². The average Bonchev–Trinajstić information content (AvgIpc) is 3.16. The summed E-state index contributed by atoms with van der Waals surface area (Å²) in [7, 11) is 0. The van der Waals surface area contributed by atoms with Gasteiger partial charge in [-0.25, -0.2) is 9.48 Å². The molecule has 1 atom stereocenters. The standard InChI is InChI=1S/C15H20N4O3S/c1-2-19-15(21)18-7-8-22-12(14(18)17-19)10-13(20)16-6-5-11-4-3-9-23-11/h3-4,9,12H,2,5-8,10H2,1H3,(H,16,20). The number of nitrogens with one attached hydrogen (secondary N) is 1. The molecule has 8 heteroatoms. The molecule has 3 rings (SSSR count). The van der Waals surface area contributed by atoms with Gasteiger partial charge in [-0.1, -0.05) is 6.07 Å². The van der Waals surface area contributed by atoms with Crippen LogP contribution in [0.4, 0.5) is 0 Å². The second kappa shape index (κ2) is 7.10. The van der Waals surface area contributed by atoms with E-state index in [4.69, 9.17) is 4.74 Å². The Bertz CT molecular complexity index is 720. The van der Waals surface area contributed by atoms with Crippen molar-refractivity contribution in [3.63, 3.8) is 0 Å². The fourth-order valence-electron chi connectivity index (χ4n) is 2.64. The second-order valence-corrected chi connectivity index (χ2v) is 6.38. The van der Waals surface area contributed by atoms with Crippen molar-refractivity contribution in [2.75, 3.05) is 13.2 Å². The molecule has 0 aromatic carbocycles. The molecule has 1 unspecified atom stereocenters. The summed E-state index contributed by atoms with van der Waals surface area (Å²) < 4.78 is 8.66. The van der Waals surface area contributed by atoms with Crippen LogP contribution < -0.4 is 11.0 Å². The summed E-state index contributed by atoms with van der Waals surface area (Å²) in [5.41, 5.74) is -0.131. The minimum Gasteiger partial charge on any atom is -0.368 e. The number of hydrogen-bond acceptors (Lipinski definition) is 5. The van der Waals surface area contributed by atoms with Gasteiger partial charge in [0, 0.05) is 18.0 Å². The summed E-state index contributed by atoms with van der Waals surface area (Å²) in [6.45, 7) is 3.90. The molecule has 0 saturated heterocycles. The number of hydrogen-bond donors (Lipinski definition) is 1. The number of aryl methyl sites for hydroxylation is 1. The van der Waals surface area contributed by atoms with Gasteiger partial charge in [0.2, 0.25) is 5.91 Å². The SMILES string of the molecule is CCn1nc2n(c1=O)CCOC2CC(=O)NCCc1cccs1. The maximum Gasteiger partial charge on any atom is 0.346 e. The molecule has 1 N–H and O–H groups in total. The van der Waals surface area contributed by atoms with E-state index in [9.17, 15) is 9.59 Å². The third-order valence-corrected chi connectivity index (χ3v) is 4.75. The normalized spacial score (nSPS) is 17.0. The average molecular weight is 336 g/mol. The fraction of sp³-hybridized carbons (Fsp3) is 0.533. The predicted molar refractivity (Wildman–Crippen MR) is 86.5 cm³/mol. The Hall–Kier alpha value is -1.93. The molecule has 2 aromatic rings. The van der Waals surface area contributed by atoms with E-state index in [1.165, 1.54) is 9.56 Å². The molecule has 3 heterocycles. The molecule has 23 heavy (non-hydrogen) atoms. The van der Waals surface area contributed by atoms with Crippen molar-refractivity contribution in [2.45, 2.75) is 39.0 Å². The predicted octanol–water partition coefficient (Wildman–Crippen LogP) is 0.946. The smallest absolute Gasteiger partial charge is 0.346 e. The number of thiophene rings is 1. The van der Waals surface area contributed by atoms with Crippen LogP contribution in [0.15, 0.2) is 22.3 Å². The van der Waals surface area contributed by atoms with E-state index in [-0.39, 0.29) is 18.0 Å². The van der Waals surface area contributed by atoms with Crippen molar-refractivity contribution in [3.05, 3.63) is 38.7 Å². The van der Waals surface area contributed by atoms with Gasteiger partial charge in [0.1, 0.15) is 6.10 Å². The first-order chi connectivity index (χ1) is 11.2. The molecule has 0 bridgehead atoms. The van der Waals surface area contributed by atoms with Crippen LogP contribution in [0.3, 0.4) is 0 Å². The van der Waals surface area contributed by atoms with Gasteiger partial charge in [-0.3, -0.25) is 9.36 Å². The quantitative estimate of drug-likeness (QED) is 0.852. The van der Waals surface area contributed by atoms with E-state index in [2.05, 4.69) is 16.5 Å². The van der Waals surface area contributed by atoms with Gasteiger partial charge in [0.15, 0.2) is 5.82 Å². The Kier molecular flexibility index (Phi) is 4.92. The molecule has 0 spiro atoms. The van der Waals surface area contributed by atoms with Crippen molar-refractivity contribution in [3.8, 4) is 0 Å². The number of nitrogens with zero attached hydrogens (tertiary/aromatic N) is 3. The van der Waals surface area contributed by atoms with E-state index >= 15 is 0 Å². The van der Waals surface area contributed by atoms with Crippen molar-refractivity contribution in [1.82, 2.24) is 19.7 Å². The van der Waals surface area contributed by atoms with E-state index in [0.717, 1.165) is 6.42 Å². The number of ether oxygens (including phenoxy) is 1. The lowest BCUT2D eigenvalue weighted by atomic mass is 10.2. The molecule has 2 aromatic heterocycles. The summed E-state index contributed by atoms with van der Waals surface area (Å²) in [6, 6.07) is 4.05. The maximum atomic E-state index is 12.1. The van der Waals surface area contributed by atoms with E-state index in [1.807, 2.05) is 18.4 Å². The molecular formula is C15H20N4O3S. The van der Waals surface area contributed by atoms with Crippen LogP contribution in [0.25, 0.3) is 0 Å². The van der Waals surface area contributed by atoms with E-state index < -0.39 is 6.10 Å². The van der Waals surface area contributed by atoms with Crippen molar-refractivity contribution < 1.29 is 9.53 Å². The number of fused-ring (bicyclic) bond motifs is 1. The molecule has 1 amide bonds. The van der Waals surface area contributed by atoms with Crippen LogP contribution in [0.1, 0.15) is 30.2 Å². The van der Waals surface area contributed by atoms with Gasteiger partial charge in [-0.2, -0.15) is 5.10 Å². The third kappa shape index (κ3) is 3.53. The van der Waals surface area contributed by atoms with Crippen LogP contribution in [0.2, 0.25) is 0 Å². The fourth-order valence-corrected chi connectivity index (χ4v) is 3.35. The Morgan fingerprint density at radius 1 is 1.57 bits per heavy atom. The molecule has 0 aliphatic carbocycles. The highest BCUT2D eigenvalue weighted by Crippen LogP contribution is 2.22. The Labute approximate surface area is 137 Å². The lowest BCUT2D eigenvalue weighted by molar-refractivity contribution is -0.125. The summed E-state index contributed by atoms with van der Waals surface area (Å²) in [5.74, 6) is 0.468. The van der Waals surface area contributed by atoms with Crippen LogP contribution in [-0.4, -0.2) is 33.4 Å². The number of carbonyl (C=O) groups excluding carboxylic acids is 1. The molecule has 0 saturated carbocycles. The Morgan fingerprint density at radius 2 is 2.43 bits per heavy atom. The van der Waals surface area contributed by atoms with E-state index in [1.54, 1.807) is 15.9 Å². The summed E-state index contributed by atoms with van der Waals surface area (Å²) in [5, 5.41) is 9.21. The molecular weight excluding hydrogens is 316 g/mol. The van der Waals surface area contributed by atoms with Crippen LogP contribution >= 0.6 is 11.3 Å². The topological polar surface area (TPSA) is 78.2 Å². The maximum absolute atomic E-state index is 12.1. The minimum atomic E-state index is -0.453. The number of amides is 1. The second-order valence-electron chi connectivity index (χ2n) is 5.35. The van der Waals surface area contributed by atoms with Crippen LogP contribution in [0.5, 0.6) is 0 Å². The first-order valence-corrected chi connectivity index (χ1v) is 8.65. The van der Waals surface area contributed by atoms with Crippen LogP contribution in [0, 0.1) is 0 Å². The van der Waals surface area contributed by atoms with Gasteiger partial charge >= 0.3 is 5.69 Å². The molecule has 7 nitrogen and oxygen atoms in total. The zero-order valence-electron chi connectivity index (χ0n) is 13.0. The zero-order valence-corrected chi connectivity index (χ0v) is 13.8. The van der Waals surface area contributed by atoms with Crippen molar-refractivity contribution in [2.24, 2.45) is 0 Å². The monoisotopic (exact) mass is 336 g/mol. The van der Waals surface area contributed by atoms with Gasteiger partial charge in [-0.05, 0) is 24.8 Å². The van der Waals surface area contributed by atoms with Crippen LogP contribution in [-0.2, 0) is 29.0 Å². The van der Waals surface area contributed by atoms with Gasteiger partial charge in [0.25, 0.3) is 0 Å². The van der Waals surface area contributed by atoms with Gasteiger partial charge in [-0.15, -0.1) is 11.3 Å². The summed E-state index contributed by atoms with van der Waals surface area (Å²) in [4.78, 5) is 25.4. The number of rotatable bonds is 6. The highest BCUT2D eigenvalue weighted by atomic mass is 32.1. The molecule has 124 valence electrons. The highest BCUT2D eigenvalue weighted by Gasteiger charge is 2.28. The minimum absolute atomic E-state index is 0.0847. The van der Waals surface area contributed by atoms with Gasteiger partial charge in [0.05, 0.1) is 19.6 Å². The van der Waals surface area contributed by atoms with Crippen molar-refractivity contribution in [1.29, 1.82) is 0 Å². The highest BCUT2D eigenvalue weighted by molar-refractivity contribution is 7.09.